The fourth-order valence-electron chi connectivity index (χ4n) is 3.29. The van der Waals surface area contributed by atoms with Gasteiger partial charge in [-0.05, 0) is 56.2 Å². The summed E-state index contributed by atoms with van der Waals surface area (Å²) in [4.78, 5) is 27.0. The van der Waals surface area contributed by atoms with Crippen molar-refractivity contribution in [3.05, 3.63) is 59.0 Å². The van der Waals surface area contributed by atoms with Crippen molar-refractivity contribution in [2.75, 3.05) is 13.1 Å². The summed E-state index contributed by atoms with van der Waals surface area (Å²) >= 11 is 5.88. The monoisotopic (exact) mass is 374 g/mol. The number of nitrogens with zero attached hydrogens (tertiary/aromatic N) is 1. The lowest BCUT2D eigenvalue weighted by Crippen LogP contribution is -2.47. The predicted octanol–water partition coefficient (Wildman–Crippen LogP) is 3.53. The zero-order valence-electron chi connectivity index (χ0n) is 14.8. The first kappa shape index (κ1) is 18.5. The van der Waals surface area contributed by atoms with E-state index in [1.807, 2.05) is 19.1 Å². The maximum atomic E-state index is 12.7. The van der Waals surface area contributed by atoms with Gasteiger partial charge in [-0.15, -0.1) is 0 Å². The van der Waals surface area contributed by atoms with E-state index < -0.39 is 0 Å². The minimum absolute atomic E-state index is 0.00216. The summed E-state index contributed by atoms with van der Waals surface area (Å²) in [7, 11) is 0. The van der Waals surface area contributed by atoms with Gasteiger partial charge in [0, 0.05) is 36.1 Å². The number of benzene rings is 1. The Morgan fingerprint density at radius 1 is 1.31 bits per heavy atom. The van der Waals surface area contributed by atoms with E-state index in [9.17, 15) is 9.59 Å². The average Bonchev–Trinajstić information content (AvgIpc) is 3.14. The van der Waals surface area contributed by atoms with Crippen molar-refractivity contribution in [2.45, 2.75) is 32.2 Å². The molecular weight excluding hydrogens is 352 g/mol. The molecule has 1 N–H and O–H groups in total. The number of likely N-dealkylation sites (tertiary alicyclic amines) is 1. The Labute approximate surface area is 158 Å². The number of rotatable bonds is 5. The van der Waals surface area contributed by atoms with Crippen LogP contribution in [0.2, 0.25) is 5.02 Å². The molecule has 3 rings (SSSR count). The number of amides is 2. The van der Waals surface area contributed by atoms with Crippen LogP contribution in [0.1, 0.15) is 35.9 Å². The largest absolute Gasteiger partial charge is 0.469 e. The first-order valence-electron chi connectivity index (χ1n) is 8.90. The van der Waals surface area contributed by atoms with E-state index in [-0.39, 0.29) is 23.8 Å². The maximum Gasteiger partial charge on any atom is 0.253 e. The first-order valence-corrected chi connectivity index (χ1v) is 9.28. The van der Waals surface area contributed by atoms with Crippen molar-refractivity contribution >= 4 is 23.4 Å². The number of furan rings is 1. The molecule has 1 aliphatic heterocycles. The van der Waals surface area contributed by atoms with E-state index >= 15 is 0 Å². The van der Waals surface area contributed by atoms with Crippen LogP contribution in [-0.4, -0.2) is 35.8 Å². The standard InChI is InChI=1S/C20H23ClN2O3/c1-14(12-18-5-3-11-26-18)22-19(24)16-4-2-10-23(13-16)20(25)15-6-8-17(21)9-7-15/h3,5-9,11,14,16H,2,4,10,12-13H2,1H3,(H,22,24). The number of halogens is 1. The molecular formula is C20H23ClN2O3. The topological polar surface area (TPSA) is 62.6 Å². The third kappa shape index (κ3) is 4.67. The molecule has 1 aromatic carbocycles. The van der Waals surface area contributed by atoms with Crippen molar-refractivity contribution in [3.8, 4) is 0 Å². The molecule has 2 atom stereocenters. The molecule has 1 fully saturated rings. The van der Waals surface area contributed by atoms with Gasteiger partial charge in [-0.1, -0.05) is 11.6 Å². The molecule has 2 unspecified atom stereocenters. The second-order valence-corrected chi connectivity index (χ2v) is 7.23. The molecule has 0 spiro atoms. The van der Waals surface area contributed by atoms with Gasteiger partial charge in [-0.25, -0.2) is 0 Å². The van der Waals surface area contributed by atoms with Crippen LogP contribution < -0.4 is 5.32 Å². The second kappa shape index (κ2) is 8.41. The Bertz CT molecular complexity index is 743. The lowest BCUT2D eigenvalue weighted by atomic mass is 9.96. The molecule has 1 aromatic heterocycles. The summed E-state index contributed by atoms with van der Waals surface area (Å²) in [5.41, 5.74) is 0.599. The van der Waals surface area contributed by atoms with Gasteiger partial charge in [-0.2, -0.15) is 0 Å². The fourth-order valence-corrected chi connectivity index (χ4v) is 3.42. The second-order valence-electron chi connectivity index (χ2n) is 6.79. The Hall–Kier alpha value is -2.27. The Balaban J connectivity index is 1.56. The molecule has 1 saturated heterocycles. The number of hydrogen-bond acceptors (Lipinski definition) is 3. The van der Waals surface area contributed by atoms with Gasteiger partial charge in [0.25, 0.3) is 5.91 Å². The van der Waals surface area contributed by atoms with Crippen molar-refractivity contribution < 1.29 is 14.0 Å². The molecule has 138 valence electrons. The van der Waals surface area contributed by atoms with Gasteiger partial charge in [0.1, 0.15) is 5.76 Å². The molecule has 2 aromatic rings. The summed E-state index contributed by atoms with van der Waals surface area (Å²) in [5.74, 6) is 0.612. The lowest BCUT2D eigenvalue weighted by molar-refractivity contribution is -0.126. The summed E-state index contributed by atoms with van der Waals surface area (Å²) in [6.45, 7) is 3.08. The average molecular weight is 375 g/mol. The Morgan fingerprint density at radius 2 is 2.08 bits per heavy atom. The molecule has 0 radical (unpaired) electrons. The van der Waals surface area contributed by atoms with Crippen LogP contribution in [0.25, 0.3) is 0 Å². The fraction of sp³-hybridized carbons (Fsp3) is 0.400. The lowest BCUT2D eigenvalue weighted by Gasteiger charge is -2.32. The van der Waals surface area contributed by atoms with Gasteiger partial charge >= 0.3 is 0 Å². The molecule has 1 aliphatic rings. The summed E-state index contributed by atoms with van der Waals surface area (Å²) < 4.78 is 5.32. The van der Waals surface area contributed by atoms with E-state index in [4.69, 9.17) is 16.0 Å². The molecule has 6 heteroatoms. The number of piperidine rings is 1. The third-order valence-electron chi connectivity index (χ3n) is 4.65. The SMILES string of the molecule is CC(Cc1ccco1)NC(=O)C1CCCN(C(=O)c2ccc(Cl)cc2)C1. The van der Waals surface area contributed by atoms with Crippen molar-refractivity contribution in [3.63, 3.8) is 0 Å². The quantitative estimate of drug-likeness (QED) is 0.870. The van der Waals surface area contributed by atoms with Gasteiger partial charge in [0.15, 0.2) is 0 Å². The van der Waals surface area contributed by atoms with E-state index in [1.165, 1.54) is 0 Å². The van der Waals surface area contributed by atoms with E-state index in [0.29, 0.717) is 30.1 Å². The number of nitrogens with one attached hydrogen (secondary N) is 1. The van der Waals surface area contributed by atoms with E-state index in [2.05, 4.69) is 5.32 Å². The van der Waals surface area contributed by atoms with E-state index in [0.717, 1.165) is 18.6 Å². The highest BCUT2D eigenvalue weighted by atomic mass is 35.5. The van der Waals surface area contributed by atoms with Gasteiger partial charge in [0.2, 0.25) is 5.91 Å². The summed E-state index contributed by atoms with van der Waals surface area (Å²) in [6.07, 6.45) is 3.90. The molecule has 26 heavy (non-hydrogen) atoms. The van der Waals surface area contributed by atoms with E-state index in [1.54, 1.807) is 35.4 Å². The molecule has 0 bridgehead atoms. The molecule has 5 nitrogen and oxygen atoms in total. The van der Waals surface area contributed by atoms with Crippen molar-refractivity contribution in [2.24, 2.45) is 5.92 Å². The van der Waals surface area contributed by atoms with Crippen LogP contribution in [0.4, 0.5) is 0 Å². The minimum atomic E-state index is -0.181. The molecule has 2 amide bonds. The predicted molar refractivity (Wildman–Crippen MR) is 100 cm³/mol. The van der Waals surface area contributed by atoms with Gasteiger partial charge in [-0.3, -0.25) is 9.59 Å². The number of hydrogen-bond donors (Lipinski definition) is 1. The highest BCUT2D eigenvalue weighted by Gasteiger charge is 2.29. The highest BCUT2D eigenvalue weighted by molar-refractivity contribution is 6.30. The maximum absolute atomic E-state index is 12.7. The van der Waals surface area contributed by atoms with Crippen LogP contribution in [-0.2, 0) is 11.2 Å². The molecule has 0 saturated carbocycles. The minimum Gasteiger partial charge on any atom is -0.469 e. The van der Waals surface area contributed by atoms with Gasteiger partial charge < -0.3 is 14.6 Å². The normalized spacial score (nSPS) is 18.4. The van der Waals surface area contributed by atoms with Crippen LogP contribution in [0.5, 0.6) is 0 Å². The molecule has 2 heterocycles. The third-order valence-corrected chi connectivity index (χ3v) is 4.90. The zero-order valence-corrected chi connectivity index (χ0v) is 15.5. The smallest absolute Gasteiger partial charge is 0.253 e. The van der Waals surface area contributed by atoms with Crippen LogP contribution in [0, 0.1) is 5.92 Å². The van der Waals surface area contributed by atoms with Gasteiger partial charge in [0.05, 0.1) is 12.2 Å². The van der Waals surface area contributed by atoms with Crippen molar-refractivity contribution in [1.29, 1.82) is 0 Å². The Kier molecular flexibility index (Phi) is 5.99. The Morgan fingerprint density at radius 3 is 2.77 bits per heavy atom. The summed E-state index contributed by atoms with van der Waals surface area (Å²) in [6, 6.07) is 10.6. The highest BCUT2D eigenvalue weighted by Crippen LogP contribution is 2.20. The first-order chi connectivity index (χ1) is 12.5. The zero-order chi connectivity index (χ0) is 18.5. The van der Waals surface area contributed by atoms with Crippen LogP contribution in [0.15, 0.2) is 47.1 Å². The summed E-state index contributed by atoms with van der Waals surface area (Å²) in [5, 5.41) is 3.64. The number of carbonyl (C=O) groups is 2. The number of carbonyl (C=O) groups excluding carboxylic acids is 2. The van der Waals surface area contributed by atoms with Crippen LogP contribution in [0.3, 0.4) is 0 Å². The van der Waals surface area contributed by atoms with Crippen molar-refractivity contribution in [1.82, 2.24) is 10.2 Å². The van der Waals surface area contributed by atoms with Crippen LogP contribution >= 0.6 is 11.6 Å². The molecule has 0 aliphatic carbocycles.